The monoisotopic (exact) mass is 675 g/mol. The molecular formula is C34H35F6N5O3. The maximum atomic E-state index is 13.8. The summed E-state index contributed by atoms with van der Waals surface area (Å²) in [5, 5.41) is 9.67. The first-order valence-electron chi connectivity index (χ1n) is 15.6. The molecule has 0 atom stereocenters. The van der Waals surface area contributed by atoms with Crippen molar-refractivity contribution >= 4 is 28.6 Å². The van der Waals surface area contributed by atoms with Crippen LogP contribution in [-0.4, -0.2) is 45.7 Å². The summed E-state index contributed by atoms with van der Waals surface area (Å²) in [6.07, 6.45) is -4.15. The van der Waals surface area contributed by atoms with Gasteiger partial charge in [-0.05, 0) is 67.5 Å². The molecule has 1 N–H and O–H groups in total. The molecule has 0 aliphatic heterocycles. The van der Waals surface area contributed by atoms with Crippen LogP contribution in [0.3, 0.4) is 0 Å². The van der Waals surface area contributed by atoms with Crippen LogP contribution in [0.25, 0.3) is 10.9 Å². The average molecular weight is 676 g/mol. The lowest BCUT2D eigenvalue weighted by atomic mass is 10.0. The molecule has 4 aromatic rings. The minimum atomic E-state index is -5.00. The molecular weight excluding hydrogens is 640 g/mol. The van der Waals surface area contributed by atoms with E-state index in [1.165, 1.54) is 17.3 Å². The van der Waals surface area contributed by atoms with Crippen LogP contribution in [0.15, 0.2) is 60.9 Å². The quantitative estimate of drug-likeness (QED) is 0.0998. The van der Waals surface area contributed by atoms with Crippen LogP contribution < -0.4 is 14.5 Å². The van der Waals surface area contributed by atoms with Gasteiger partial charge in [0.25, 0.3) is 0 Å². The van der Waals surface area contributed by atoms with E-state index in [4.69, 9.17) is 14.8 Å². The Labute approximate surface area is 273 Å². The van der Waals surface area contributed by atoms with Gasteiger partial charge in [0.2, 0.25) is 5.95 Å². The molecule has 2 heterocycles. The van der Waals surface area contributed by atoms with Gasteiger partial charge in [0, 0.05) is 43.5 Å². The van der Waals surface area contributed by atoms with Crippen LogP contribution in [0.4, 0.5) is 38.1 Å². The molecule has 0 spiro atoms. The number of rotatable bonds is 15. The van der Waals surface area contributed by atoms with Gasteiger partial charge in [-0.3, -0.25) is 4.79 Å². The van der Waals surface area contributed by atoms with Crippen LogP contribution >= 0.6 is 0 Å². The highest BCUT2D eigenvalue weighted by atomic mass is 19.4. The molecule has 14 heteroatoms. The Bertz CT molecular complexity index is 1680. The van der Waals surface area contributed by atoms with Crippen molar-refractivity contribution in [2.45, 2.75) is 64.5 Å². The van der Waals surface area contributed by atoms with Crippen molar-refractivity contribution in [3.8, 4) is 5.75 Å². The van der Waals surface area contributed by atoms with Gasteiger partial charge in [-0.15, -0.1) is 0 Å². The Morgan fingerprint density at radius 1 is 0.938 bits per heavy atom. The number of anilines is 2. The number of ether oxygens (including phenoxy) is 1. The molecule has 8 nitrogen and oxygen atoms in total. The number of aliphatic carboxylic acids is 1. The number of hydrogen-bond acceptors (Lipinski definition) is 7. The first-order chi connectivity index (χ1) is 22.8. The van der Waals surface area contributed by atoms with E-state index in [9.17, 15) is 31.1 Å². The second kappa shape index (κ2) is 14.7. The van der Waals surface area contributed by atoms with E-state index in [0.29, 0.717) is 36.0 Å². The Hall–Kier alpha value is -4.62. The Morgan fingerprint density at radius 2 is 1.60 bits per heavy atom. The van der Waals surface area contributed by atoms with E-state index in [2.05, 4.69) is 21.8 Å². The maximum Gasteiger partial charge on any atom is 0.416 e. The fourth-order valence-electron chi connectivity index (χ4n) is 5.40. The molecule has 1 saturated carbocycles. The van der Waals surface area contributed by atoms with Gasteiger partial charge in [-0.25, -0.2) is 15.0 Å². The van der Waals surface area contributed by atoms with Crippen molar-refractivity contribution in [2.75, 3.05) is 29.5 Å². The molecule has 1 fully saturated rings. The lowest BCUT2D eigenvalue weighted by molar-refractivity contribution is -0.143. The zero-order valence-corrected chi connectivity index (χ0v) is 26.2. The SMILES string of the molecule is CCCN(CC1CC1)c1nc2ccccc2cc1CN(Cc1cc(C(F)(F)F)cc(C(F)(F)F)c1)c1ncc(OCCCC(=O)O)cn1. The van der Waals surface area contributed by atoms with Gasteiger partial charge in [-0.2, -0.15) is 26.3 Å². The molecule has 5 rings (SSSR count). The van der Waals surface area contributed by atoms with Gasteiger partial charge in [0.1, 0.15) is 5.82 Å². The van der Waals surface area contributed by atoms with Gasteiger partial charge in [0.15, 0.2) is 5.75 Å². The summed E-state index contributed by atoms with van der Waals surface area (Å²) in [7, 11) is 0. The number of fused-ring (bicyclic) bond motifs is 1. The molecule has 2 aromatic carbocycles. The maximum absolute atomic E-state index is 13.8. The number of carboxylic acid groups (broad SMARTS) is 1. The lowest BCUT2D eigenvalue weighted by Crippen LogP contribution is -2.31. The number of benzene rings is 2. The summed E-state index contributed by atoms with van der Waals surface area (Å²) >= 11 is 0. The van der Waals surface area contributed by atoms with Crippen LogP contribution in [0.1, 0.15) is 61.3 Å². The molecule has 1 aliphatic carbocycles. The molecule has 0 saturated heterocycles. The second-order valence-electron chi connectivity index (χ2n) is 11.9. The predicted molar refractivity (Wildman–Crippen MR) is 168 cm³/mol. The minimum Gasteiger partial charge on any atom is -0.490 e. The van der Waals surface area contributed by atoms with Crippen molar-refractivity contribution < 1.29 is 41.0 Å². The summed E-state index contributed by atoms with van der Waals surface area (Å²) in [5.41, 5.74) is -1.58. The van der Waals surface area contributed by atoms with Crippen LogP contribution in [0.5, 0.6) is 5.75 Å². The van der Waals surface area contributed by atoms with Crippen molar-refractivity contribution in [1.82, 2.24) is 15.0 Å². The molecule has 256 valence electrons. The van der Waals surface area contributed by atoms with E-state index in [0.717, 1.165) is 36.7 Å². The fraction of sp³-hybridized carbons (Fsp3) is 0.412. The highest BCUT2D eigenvalue weighted by Crippen LogP contribution is 2.38. The number of carbonyl (C=O) groups is 1. The van der Waals surface area contributed by atoms with Crippen molar-refractivity contribution in [3.05, 3.63) is 83.2 Å². The molecule has 0 bridgehead atoms. The topological polar surface area (TPSA) is 91.7 Å². The fourth-order valence-corrected chi connectivity index (χ4v) is 5.40. The molecule has 0 amide bonds. The summed E-state index contributed by atoms with van der Waals surface area (Å²) in [4.78, 5) is 28.2. The number of halogens is 6. The normalized spacial score (nSPS) is 13.5. The lowest BCUT2D eigenvalue weighted by Gasteiger charge is -2.29. The van der Waals surface area contributed by atoms with E-state index in [-0.39, 0.29) is 55.9 Å². The van der Waals surface area contributed by atoms with E-state index < -0.39 is 29.4 Å². The molecule has 0 unspecified atom stereocenters. The summed E-state index contributed by atoms with van der Waals surface area (Å²) in [5.74, 6) is 0.509. The van der Waals surface area contributed by atoms with E-state index >= 15 is 0 Å². The van der Waals surface area contributed by atoms with E-state index in [1.54, 1.807) is 0 Å². The van der Waals surface area contributed by atoms with Crippen LogP contribution in [0.2, 0.25) is 0 Å². The van der Waals surface area contributed by atoms with Crippen molar-refractivity contribution in [2.24, 2.45) is 5.92 Å². The second-order valence-corrected chi connectivity index (χ2v) is 11.9. The van der Waals surface area contributed by atoms with Gasteiger partial charge in [0.05, 0.1) is 35.6 Å². The number of hydrogen-bond donors (Lipinski definition) is 1. The number of para-hydroxylation sites is 1. The minimum absolute atomic E-state index is 0.0223. The third-order valence-electron chi connectivity index (χ3n) is 7.83. The Kier molecular flexibility index (Phi) is 10.6. The Morgan fingerprint density at radius 3 is 2.21 bits per heavy atom. The van der Waals surface area contributed by atoms with Crippen molar-refractivity contribution in [3.63, 3.8) is 0 Å². The van der Waals surface area contributed by atoms with Crippen molar-refractivity contribution in [1.29, 1.82) is 0 Å². The molecule has 2 aromatic heterocycles. The third kappa shape index (κ3) is 9.26. The summed E-state index contributed by atoms with van der Waals surface area (Å²) in [6.45, 7) is 3.27. The zero-order valence-electron chi connectivity index (χ0n) is 26.2. The van der Waals surface area contributed by atoms with Crippen LogP contribution in [-0.2, 0) is 30.2 Å². The number of carboxylic acids is 1. The highest BCUT2D eigenvalue weighted by molar-refractivity contribution is 5.82. The molecule has 0 radical (unpaired) electrons. The first kappa shape index (κ1) is 34.7. The van der Waals surface area contributed by atoms with Gasteiger partial charge < -0.3 is 19.6 Å². The average Bonchev–Trinajstić information content (AvgIpc) is 3.86. The van der Waals surface area contributed by atoms with Gasteiger partial charge in [-0.1, -0.05) is 25.1 Å². The largest absolute Gasteiger partial charge is 0.490 e. The number of pyridine rings is 1. The van der Waals surface area contributed by atoms with E-state index in [1.807, 2.05) is 30.3 Å². The van der Waals surface area contributed by atoms with Gasteiger partial charge >= 0.3 is 18.3 Å². The first-order valence-corrected chi connectivity index (χ1v) is 15.6. The predicted octanol–water partition coefficient (Wildman–Crippen LogP) is 8.14. The molecule has 1 aliphatic rings. The Balaban J connectivity index is 1.55. The molecule has 48 heavy (non-hydrogen) atoms. The standard InChI is InChI=1S/C34H35F6N5O3/c1-2-11-44(19-22-9-10-22)31-25(15-24-6-3-4-7-29(24)43-31)21-45(32-41-17-28(18-42-32)48-12-5-8-30(46)47)20-23-13-26(33(35,36)37)16-27(14-23)34(38,39)40/h3-4,6-7,13-18,22H,2,5,8-12,19-21H2,1H3,(H,46,47). The highest BCUT2D eigenvalue weighted by Gasteiger charge is 2.37. The number of alkyl halides is 6. The number of nitrogens with zero attached hydrogens (tertiary/aromatic N) is 5. The summed E-state index contributed by atoms with van der Waals surface area (Å²) in [6, 6.07) is 11.0. The third-order valence-corrected chi connectivity index (χ3v) is 7.83. The number of aromatic nitrogens is 3. The zero-order chi connectivity index (χ0) is 34.5. The van der Waals surface area contributed by atoms with Crippen LogP contribution in [0, 0.1) is 5.92 Å². The summed E-state index contributed by atoms with van der Waals surface area (Å²) < 4.78 is 88.1. The smallest absolute Gasteiger partial charge is 0.416 e.